The second-order valence-electron chi connectivity index (χ2n) is 7.85. The van der Waals surface area contributed by atoms with Gasteiger partial charge < -0.3 is 26.4 Å². The molecule has 0 aromatic heterocycles. The fourth-order valence-electron chi connectivity index (χ4n) is 3.03. The Morgan fingerprint density at radius 2 is 1.87 bits per heavy atom. The number of nitrogens with one attached hydrogen (secondary N) is 1. The van der Waals surface area contributed by atoms with Gasteiger partial charge in [-0.1, -0.05) is 18.2 Å². The van der Waals surface area contributed by atoms with Gasteiger partial charge in [0.1, 0.15) is 11.6 Å². The van der Waals surface area contributed by atoms with Gasteiger partial charge in [-0.05, 0) is 51.1 Å². The quantitative estimate of drug-likeness (QED) is 0.603. The fraction of sp³-hybridized carbons (Fsp3) is 0.318. The van der Waals surface area contributed by atoms with Gasteiger partial charge in [0, 0.05) is 29.4 Å². The monoisotopic (exact) mass is 434 g/mol. The summed E-state index contributed by atoms with van der Waals surface area (Å²) in [6, 6.07) is 9.58. The smallest absolute Gasteiger partial charge is 0.235 e. The number of hydrogen-bond donors (Lipinski definition) is 3. The highest BCUT2D eigenvalue weighted by molar-refractivity contribution is 6.30. The van der Waals surface area contributed by atoms with Crippen LogP contribution in [0, 0.1) is 11.2 Å². The molecule has 2 rings (SSSR count). The van der Waals surface area contributed by atoms with Crippen LogP contribution < -0.4 is 21.5 Å². The molecule has 1 atom stereocenters. The Kier molecular flexibility index (Phi) is 6.69. The SMILES string of the molecule is C=C(N)N(C)C(=O)C(C)(C)[C@](C)(N)c1cc(Nc2ccc(Cl)cc2OC)ccc1F. The summed E-state index contributed by atoms with van der Waals surface area (Å²) >= 11 is 6.01. The van der Waals surface area contributed by atoms with E-state index >= 15 is 0 Å². The van der Waals surface area contributed by atoms with Gasteiger partial charge in [-0.3, -0.25) is 4.79 Å². The molecule has 6 nitrogen and oxygen atoms in total. The van der Waals surface area contributed by atoms with E-state index in [-0.39, 0.29) is 17.3 Å². The lowest BCUT2D eigenvalue weighted by molar-refractivity contribution is -0.141. The minimum atomic E-state index is -1.36. The summed E-state index contributed by atoms with van der Waals surface area (Å²) < 4.78 is 20.2. The lowest BCUT2D eigenvalue weighted by Gasteiger charge is -2.42. The summed E-state index contributed by atoms with van der Waals surface area (Å²) in [4.78, 5) is 14.2. The van der Waals surface area contributed by atoms with Gasteiger partial charge in [0.05, 0.1) is 29.6 Å². The van der Waals surface area contributed by atoms with Gasteiger partial charge in [-0.15, -0.1) is 0 Å². The first-order chi connectivity index (χ1) is 13.8. The summed E-state index contributed by atoms with van der Waals surface area (Å²) in [5.41, 5.74) is 11.1. The molecule has 8 heteroatoms. The van der Waals surface area contributed by atoms with E-state index in [0.29, 0.717) is 22.1 Å². The predicted molar refractivity (Wildman–Crippen MR) is 119 cm³/mol. The van der Waals surface area contributed by atoms with Crippen molar-refractivity contribution in [3.05, 3.63) is 65.2 Å². The predicted octanol–water partition coefficient (Wildman–Crippen LogP) is 4.32. The van der Waals surface area contributed by atoms with Crippen LogP contribution in [-0.2, 0) is 10.3 Å². The van der Waals surface area contributed by atoms with Crippen molar-refractivity contribution in [3.63, 3.8) is 0 Å². The molecule has 30 heavy (non-hydrogen) atoms. The number of carbonyl (C=O) groups is 1. The third-order valence-corrected chi connectivity index (χ3v) is 5.77. The van der Waals surface area contributed by atoms with E-state index in [2.05, 4.69) is 11.9 Å². The number of anilines is 2. The van der Waals surface area contributed by atoms with Gasteiger partial charge in [0.15, 0.2) is 0 Å². The number of nitrogens with zero attached hydrogens (tertiary/aromatic N) is 1. The minimum absolute atomic E-state index is 0.0783. The second-order valence-corrected chi connectivity index (χ2v) is 8.28. The van der Waals surface area contributed by atoms with Crippen LogP contribution in [0.4, 0.5) is 15.8 Å². The molecule has 0 aliphatic carbocycles. The van der Waals surface area contributed by atoms with Crippen LogP contribution in [0.15, 0.2) is 48.8 Å². The zero-order chi connectivity index (χ0) is 22.9. The molecule has 0 unspecified atom stereocenters. The Labute approximate surface area is 181 Å². The van der Waals surface area contributed by atoms with E-state index in [0.717, 1.165) is 0 Å². The summed E-state index contributed by atoms with van der Waals surface area (Å²) in [5, 5.41) is 3.70. The van der Waals surface area contributed by atoms with Gasteiger partial charge in [0.2, 0.25) is 5.91 Å². The molecule has 0 spiro atoms. The first-order valence-corrected chi connectivity index (χ1v) is 9.62. The van der Waals surface area contributed by atoms with Crippen LogP contribution in [0.3, 0.4) is 0 Å². The van der Waals surface area contributed by atoms with E-state index in [9.17, 15) is 9.18 Å². The summed E-state index contributed by atoms with van der Waals surface area (Å²) in [7, 11) is 3.03. The number of carbonyl (C=O) groups excluding carboxylic acids is 1. The number of ether oxygens (including phenoxy) is 1. The number of methoxy groups -OCH3 is 1. The minimum Gasteiger partial charge on any atom is -0.495 e. The highest BCUT2D eigenvalue weighted by Crippen LogP contribution is 2.41. The largest absolute Gasteiger partial charge is 0.495 e. The highest BCUT2D eigenvalue weighted by atomic mass is 35.5. The Hall–Kier alpha value is -2.77. The van der Waals surface area contributed by atoms with E-state index in [1.807, 2.05) is 0 Å². The first kappa shape index (κ1) is 23.5. The zero-order valence-electron chi connectivity index (χ0n) is 17.8. The average molecular weight is 435 g/mol. The Bertz CT molecular complexity index is 976. The number of benzene rings is 2. The van der Waals surface area contributed by atoms with Crippen LogP contribution in [0.25, 0.3) is 0 Å². The van der Waals surface area contributed by atoms with Crippen molar-refractivity contribution in [1.82, 2.24) is 4.90 Å². The van der Waals surface area contributed by atoms with Crippen molar-refractivity contribution in [2.75, 3.05) is 19.5 Å². The molecule has 0 radical (unpaired) electrons. The summed E-state index contributed by atoms with van der Waals surface area (Å²) in [6.45, 7) is 8.50. The highest BCUT2D eigenvalue weighted by Gasteiger charge is 2.47. The second kappa shape index (κ2) is 8.53. The van der Waals surface area contributed by atoms with Crippen molar-refractivity contribution in [3.8, 4) is 5.75 Å². The van der Waals surface area contributed by atoms with Crippen LogP contribution >= 0.6 is 11.6 Å². The zero-order valence-corrected chi connectivity index (χ0v) is 18.6. The van der Waals surface area contributed by atoms with Crippen LogP contribution in [0.5, 0.6) is 5.75 Å². The van der Waals surface area contributed by atoms with E-state index in [1.54, 1.807) is 51.1 Å². The maximum absolute atomic E-state index is 14.8. The Morgan fingerprint density at radius 3 is 2.43 bits per heavy atom. The molecule has 0 fully saturated rings. The lowest BCUT2D eigenvalue weighted by Crippen LogP contribution is -2.56. The molecule has 0 aliphatic heterocycles. The molecule has 2 aromatic carbocycles. The van der Waals surface area contributed by atoms with Crippen LogP contribution in [-0.4, -0.2) is 25.0 Å². The molecule has 162 valence electrons. The fourth-order valence-corrected chi connectivity index (χ4v) is 3.20. The first-order valence-electron chi connectivity index (χ1n) is 9.25. The van der Waals surface area contributed by atoms with Crippen molar-refractivity contribution < 1.29 is 13.9 Å². The number of halogens is 2. The molecular formula is C22H28ClFN4O2. The van der Waals surface area contributed by atoms with Gasteiger partial charge >= 0.3 is 0 Å². The third-order valence-electron chi connectivity index (χ3n) is 5.54. The maximum Gasteiger partial charge on any atom is 0.235 e. The molecular weight excluding hydrogens is 407 g/mol. The third kappa shape index (κ3) is 4.37. The van der Waals surface area contributed by atoms with Crippen molar-refractivity contribution in [1.29, 1.82) is 0 Å². The van der Waals surface area contributed by atoms with E-state index < -0.39 is 16.8 Å². The molecule has 0 saturated carbocycles. The van der Waals surface area contributed by atoms with Crippen LogP contribution in [0.2, 0.25) is 5.02 Å². The van der Waals surface area contributed by atoms with Crippen LogP contribution in [0.1, 0.15) is 26.3 Å². The van der Waals surface area contributed by atoms with E-state index in [4.69, 9.17) is 27.8 Å². The summed E-state index contributed by atoms with van der Waals surface area (Å²) in [5.74, 6) is -0.294. The molecule has 0 bridgehead atoms. The van der Waals surface area contributed by atoms with Crippen molar-refractivity contribution >= 4 is 28.9 Å². The van der Waals surface area contributed by atoms with E-state index in [1.165, 1.54) is 25.1 Å². The Balaban J connectivity index is 2.47. The molecule has 1 amide bonds. The number of hydrogen-bond acceptors (Lipinski definition) is 5. The van der Waals surface area contributed by atoms with Crippen molar-refractivity contribution in [2.24, 2.45) is 16.9 Å². The van der Waals surface area contributed by atoms with Gasteiger partial charge in [-0.25, -0.2) is 4.39 Å². The summed E-state index contributed by atoms with van der Waals surface area (Å²) in [6.07, 6.45) is 0. The molecule has 0 saturated heterocycles. The normalized spacial score (nSPS) is 13.3. The van der Waals surface area contributed by atoms with Crippen molar-refractivity contribution in [2.45, 2.75) is 26.3 Å². The number of rotatable bonds is 7. The standard InChI is InChI=1S/C22H28ClFN4O2/c1-13(25)28(5)20(29)21(2,3)22(4,26)16-12-15(8-9-17(16)24)27-18-10-7-14(23)11-19(18)30-6/h7-12,27H,1,25-26H2,2-6H3/t22-/m1/s1. The molecule has 5 N–H and O–H groups in total. The number of amides is 1. The molecule has 0 aliphatic rings. The maximum atomic E-state index is 14.8. The Morgan fingerprint density at radius 1 is 1.23 bits per heavy atom. The lowest BCUT2D eigenvalue weighted by atomic mass is 9.68. The van der Waals surface area contributed by atoms with Gasteiger partial charge in [-0.2, -0.15) is 0 Å². The average Bonchev–Trinajstić information content (AvgIpc) is 2.68. The topological polar surface area (TPSA) is 93.6 Å². The molecule has 0 heterocycles. The molecule has 2 aromatic rings. The van der Waals surface area contributed by atoms with Gasteiger partial charge in [0.25, 0.3) is 0 Å². The number of nitrogens with two attached hydrogens (primary N) is 2.